The summed E-state index contributed by atoms with van der Waals surface area (Å²) < 4.78 is 28.2. The summed E-state index contributed by atoms with van der Waals surface area (Å²) in [4.78, 5) is 3.97. The molecule has 0 fully saturated rings. The zero-order valence-electron chi connectivity index (χ0n) is 14.2. The van der Waals surface area contributed by atoms with Crippen molar-refractivity contribution < 1.29 is 8.42 Å². The van der Waals surface area contributed by atoms with Gasteiger partial charge in [-0.3, -0.25) is 4.98 Å². The summed E-state index contributed by atoms with van der Waals surface area (Å²) in [6.07, 6.45) is 3.16. The van der Waals surface area contributed by atoms with E-state index in [0.717, 1.165) is 11.1 Å². The Kier molecular flexibility index (Phi) is 5.78. The standard InChI is InChI=1S/C20H21N3O2S/c21-19(17-9-3-1-4-10-17)20(18-11-5-2-6-12-18)23-26(24,25)15-16-8-7-13-22-14-16/h1-14,19-20,23H,15,21H2. The molecule has 1 heterocycles. The Morgan fingerprint density at radius 3 is 2.08 bits per heavy atom. The van der Waals surface area contributed by atoms with E-state index in [-0.39, 0.29) is 5.75 Å². The second-order valence-corrected chi connectivity index (χ2v) is 7.82. The van der Waals surface area contributed by atoms with E-state index in [4.69, 9.17) is 5.73 Å². The lowest BCUT2D eigenvalue weighted by Gasteiger charge is -2.26. The summed E-state index contributed by atoms with van der Waals surface area (Å²) in [5.41, 5.74) is 8.74. The zero-order valence-corrected chi connectivity index (χ0v) is 15.0. The minimum Gasteiger partial charge on any atom is -0.322 e. The fourth-order valence-electron chi connectivity index (χ4n) is 2.81. The Hall–Kier alpha value is -2.54. The molecule has 1 aromatic heterocycles. The van der Waals surface area contributed by atoms with Crippen LogP contribution in [0.2, 0.25) is 0 Å². The lowest BCUT2D eigenvalue weighted by atomic mass is 9.95. The van der Waals surface area contributed by atoms with Gasteiger partial charge in [-0.1, -0.05) is 66.7 Å². The van der Waals surface area contributed by atoms with Gasteiger partial charge in [0.15, 0.2) is 0 Å². The van der Waals surface area contributed by atoms with Crippen LogP contribution in [-0.2, 0) is 15.8 Å². The minimum atomic E-state index is -3.61. The van der Waals surface area contributed by atoms with Gasteiger partial charge in [-0.05, 0) is 22.8 Å². The molecular weight excluding hydrogens is 346 g/mol. The number of hydrogen-bond acceptors (Lipinski definition) is 4. The van der Waals surface area contributed by atoms with Crippen LogP contribution >= 0.6 is 0 Å². The van der Waals surface area contributed by atoms with Crippen molar-refractivity contribution in [1.82, 2.24) is 9.71 Å². The van der Waals surface area contributed by atoms with Crippen molar-refractivity contribution in [2.24, 2.45) is 5.73 Å². The van der Waals surface area contributed by atoms with E-state index in [1.165, 1.54) is 0 Å². The summed E-state index contributed by atoms with van der Waals surface area (Å²) in [6.45, 7) is 0. The third-order valence-corrected chi connectivity index (χ3v) is 5.41. The molecule has 0 saturated carbocycles. The Labute approximate surface area is 154 Å². The van der Waals surface area contributed by atoms with Crippen molar-refractivity contribution in [2.75, 3.05) is 0 Å². The van der Waals surface area contributed by atoms with Crippen molar-refractivity contribution in [1.29, 1.82) is 0 Å². The maximum absolute atomic E-state index is 12.7. The molecule has 0 aliphatic heterocycles. The van der Waals surface area contributed by atoms with Crippen molar-refractivity contribution in [3.05, 3.63) is 102 Å². The highest BCUT2D eigenvalue weighted by atomic mass is 32.2. The molecule has 0 aliphatic rings. The zero-order chi connectivity index (χ0) is 18.4. The summed E-state index contributed by atoms with van der Waals surface area (Å²) >= 11 is 0. The second-order valence-electron chi connectivity index (χ2n) is 6.06. The molecule has 0 saturated heterocycles. The van der Waals surface area contributed by atoms with Crippen LogP contribution in [0.5, 0.6) is 0 Å². The molecular formula is C20H21N3O2S. The summed E-state index contributed by atoms with van der Waals surface area (Å²) in [7, 11) is -3.61. The minimum absolute atomic E-state index is 0.147. The highest BCUT2D eigenvalue weighted by Crippen LogP contribution is 2.27. The average Bonchev–Trinajstić information content (AvgIpc) is 2.67. The first-order valence-electron chi connectivity index (χ1n) is 8.29. The predicted molar refractivity (Wildman–Crippen MR) is 103 cm³/mol. The normalized spacial score (nSPS) is 13.9. The topological polar surface area (TPSA) is 85.1 Å². The van der Waals surface area contributed by atoms with Gasteiger partial charge in [-0.15, -0.1) is 0 Å². The van der Waals surface area contributed by atoms with E-state index in [1.54, 1.807) is 24.5 Å². The van der Waals surface area contributed by atoms with Crippen LogP contribution in [-0.4, -0.2) is 13.4 Å². The molecule has 2 atom stereocenters. The van der Waals surface area contributed by atoms with Gasteiger partial charge in [0.05, 0.1) is 17.8 Å². The number of pyridine rings is 1. The monoisotopic (exact) mass is 367 g/mol. The van der Waals surface area contributed by atoms with Crippen molar-refractivity contribution in [3.63, 3.8) is 0 Å². The van der Waals surface area contributed by atoms with Gasteiger partial charge in [0.1, 0.15) is 0 Å². The number of aromatic nitrogens is 1. The van der Waals surface area contributed by atoms with Crippen LogP contribution in [0.25, 0.3) is 0 Å². The molecule has 2 aromatic carbocycles. The SMILES string of the molecule is NC(c1ccccc1)C(NS(=O)(=O)Cc1cccnc1)c1ccccc1. The Morgan fingerprint density at radius 1 is 0.885 bits per heavy atom. The van der Waals surface area contributed by atoms with E-state index in [9.17, 15) is 8.42 Å². The van der Waals surface area contributed by atoms with Gasteiger partial charge >= 0.3 is 0 Å². The molecule has 2 unspecified atom stereocenters. The molecule has 3 N–H and O–H groups in total. The molecule has 3 aromatic rings. The fraction of sp³-hybridized carbons (Fsp3) is 0.150. The van der Waals surface area contributed by atoms with Crippen LogP contribution in [0.1, 0.15) is 28.8 Å². The molecule has 26 heavy (non-hydrogen) atoms. The molecule has 6 heteroatoms. The lowest BCUT2D eigenvalue weighted by molar-refractivity contribution is 0.503. The van der Waals surface area contributed by atoms with Crippen LogP contribution in [0.4, 0.5) is 0 Å². The highest BCUT2D eigenvalue weighted by molar-refractivity contribution is 7.88. The van der Waals surface area contributed by atoms with Gasteiger partial charge in [0, 0.05) is 12.4 Å². The Balaban J connectivity index is 1.89. The first kappa shape index (κ1) is 18.3. The number of sulfonamides is 1. The van der Waals surface area contributed by atoms with Crippen molar-refractivity contribution in [2.45, 2.75) is 17.8 Å². The largest absolute Gasteiger partial charge is 0.322 e. The maximum Gasteiger partial charge on any atom is 0.216 e. The lowest BCUT2D eigenvalue weighted by Crippen LogP contribution is -2.36. The molecule has 0 spiro atoms. The third kappa shape index (κ3) is 4.76. The first-order valence-corrected chi connectivity index (χ1v) is 9.95. The molecule has 134 valence electrons. The molecule has 5 nitrogen and oxygen atoms in total. The van der Waals surface area contributed by atoms with E-state index in [1.807, 2.05) is 60.7 Å². The number of nitrogens with zero attached hydrogens (tertiary/aromatic N) is 1. The highest BCUT2D eigenvalue weighted by Gasteiger charge is 2.26. The molecule has 3 rings (SSSR count). The molecule has 0 aliphatic carbocycles. The third-order valence-electron chi connectivity index (χ3n) is 4.09. The number of benzene rings is 2. The van der Waals surface area contributed by atoms with E-state index < -0.39 is 22.1 Å². The summed E-state index contributed by atoms with van der Waals surface area (Å²) in [6, 6.07) is 21.2. The fourth-order valence-corrected chi connectivity index (χ4v) is 4.18. The van der Waals surface area contributed by atoms with Crippen LogP contribution < -0.4 is 10.5 Å². The maximum atomic E-state index is 12.7. The van der Waals surface area contributed by atoms with E-state index in [0.29, 0.717) is 5.56 Å². The molecule has 0 radical (unpaired) electrons. The number of hydrogen-bond donors (Lipinski definition) is 2. The predicted octanol–water partition coefficient (Wildman–Crippen LogP) is 2.94. The van der Waals surface area contributed by atoms with E-state index in [2.05, 4.69) is 9.71 Å². The second kappa shape index (κ2) is 8.23. The quantitative estimate of drug-likeness (QED) is 0.672. The first-order chi connectivity index (χ1) is 12.6. The van der Waals surface area contributed by atoms with Gasteiger partial charge in [-0.2, -0.15) is 0 Å². The van der Waals surface area contributed by atoms with Gasteiger partial charge in [0.25, 0.3) is 0 Å². The van der Waals surface area contributed by atoms with Gasteiger partial charge < -0.3 is 5.73 Å². The number of nitrogens with one attached hydrogen (secondary N) is 1. The van der Waals surface area contributed by atoms with Crippen molar-refractivity contribution in [3.8, 4) is 0 Å². The van der Waals surface area contributed by atoms with Gasteiger partial charge in [-0.25, -0.2) is 13.1 Å². The van der Waals surface area contributed by atoms with Crippen molar-refractivity contribution >= 4 is 10.0 Å². The van der Waals surface area contributed by atoms with E-state index >= 15 is 0 Å². The Bertz CT molecular complexity index is 917. The summed E-state index contributed by atoms with van der Waals surface area (Å²) in [5, 5.41) is 0. The smallest absolute Gasteiger partial charge is 0.216 e. The van der Waals surface area contributed by atoms with Crippen LogP contribution in [0.15, 0.2) is 85.2 Å². The molecule has 0 amide bonds. The number of rotatable bonds is 7. The van der Waals surface area contributed by atoms with Crippen LogP contribution in [0.3, 0.4) is 0 Å². The average molecular weight is 367 g/mol. The Morgan fingerprint density at radius 2 is 1.50 bits per heavy atom. The number of nitrogens with two attached hydrogens (primary N) is 1. The van der Waals surface area contributed by atoms with Gasteiger partial charge in [0.2, 0.25) is 10.0 Å². The molecule has 0 bridgehead atoms. The summed E-state index contributed by atoms with van der Waals surface area (Å²) in [5.74, 6) is -0.147. The van der Waals surface area contributed by atoms with Crippen LogP contribution in [0, 0.1) is 0 Å².